The summed E-state index contributed by atoms with van der Waals surface area (Å²) in [4.78, 5) is 41.9. The van der Waals surface area contributed by atoms with Gasteiger partial charge in [-0.1, -0.05) is 6.92 Å². The first-order valence-corrected chi connectivity index (χ1v) is 13.4. The van der Waals surface area contributed by atoms with E-state index in [0.717, 1.165) is 12.8 Å². The van der Waals surface area contributed by atoms with Gasteiger partial charge in [0.1, 0.15) is 17.6 Å². The molecule has 0 saturated heterocycles. The minimum Gasteiger partial charge on any atom is -0.497 e. The van der Waals surface area contributed by atoms with Crippen LogP contribution in [0.5, 0.6) is 11.5 Å². The summed E-state index contributed by atoms with van der Waals surface area (Å²) in [6, 6.07) is 11.7. The van der Waals surface area contributed by atoms with Crippen LogP contribution in [0.2, 0.25) is 0 Å². The fourth-order valence-corrected chi connectivity index (χ4v) is 4.56. The van der Waals surface area contributed by atoms with E-state index in [2.05, 4.69) is 10.6 Å². The molecule has 1 fully saturated rings. The number of anilines is 2. The summed E-state index contributed by atoms with van der Waals surface area (Å²) < 4.78 is 11.6. The van der Waals surface area contributed by atoms with E-state index < -0.39 is 6.10 Å². The van der Waals surface area contributed by atoms with E-state index in [1.54, 1.807) is 73.3 Å². The zero-order valence-corrected chi connectivity index (χ0v) is 23.0. The number of methoxy groups -OCH3 is 1. The molecule has 0 unspecified atom stereocenters. The highest BCUT2D eigenvalue weighted by Crippen LogP contribution is 2.32. The quantitative estimate of drug-likeness (QED) is 0.474. The number of carbonyl (C=O) groups excluding carboxylic acids is 3. The van der Waals surface area contributed by atoms with Crippen molar-refractivity contribution in [2.24, 2.45) is 11.8 Å². The zero-order chi connectivity index (χ0) is 28.1. The summed E-state index contributed by atoms with van der Waals surface area (Å²) in [7, 11) is 3.27. The van der Waals surface area contributed by atoms with Gasteiger partial charge < -0.3 is 35.0 Å². The molecule has 4 amide bonds. The number of nitrogens with one attached hydrogen (secondary N) is 2. The second-order valence-electron chi connectivity index (χ2n) is 10.5. The molecule has 39 heavy (non-hydrogen) atoms. The molecule has 2 aromatic rings. The van der Waals surface area contributed by atoms with E-state index in [1.165, 1.54) is 0 Å². The predicted octanol–water partition coefficient (Wildman–Crippen LogP) is 3.36. The van der Waals surface area contributed by atoms with E-state index in [0.29, 0.717) is 35.0 Å². The van der Waals surface area contributed by atoms with Crippen molar-refractivity contribution in [2.75, 3.05) is 44.5 Å². The number of ether oxygens (including phenoxy) is 2. The van der Waals surface area contributed by atoms with Crippen LogP contribution in [0.4, 0.5) is 16.2 Å². The van der Waals surface area contributed by atoms with Crippen LogP contribution in [0.25, 0.3) is 0 Å². The fourth-order valence-electron chi connectivity index (χ4n) is 4.56. The molecule has 0 radical (unpaired) electrons. The highest BCUT2D eigenvalue weighted by Gasteiger charge is 2.33. The van der Waals surface area contributed by atoms with Crippen LogP contribution >= 0.6 is 0 Å². The van der Waals surface area contributed by atoms with Gasteiger partial charge in [-0.15, -0.1) is 0 Å². The highest BCUT2D eigenvalue weighted by atomic mass is 16.5. The van der Waals surface area contributed by atoms with Crippen LogP contribution in [0.3, 0.4) is 0 Å². The molecule has 1 aliphatic carbocycles. The van der Waals surface area contributed by atoms with Crippen molar-refractivity contribution in [3.05, 3.63) is 48.0 Å². The topological polar surface area (TPSA) is 120 Å². The summed E-state index contributed by atoms with van der Waals surface area (Å²) in [6.07, 6.45) is 1.42. The van der Waals surface area contributed by atoms with Gasteiger partial charge in [0.05, 0.1) is 32.7 Å². The third-order valence-electron chi connectivity index (χ3n) is 7.27. The molecule has 1 aliphatic heterocycles. The van der Waals surface area contributed by atoms with Gasteiger partial charge in [-0.25, -0.2) is 4.79 Å². The molecule has 3 N–H and O–H groups in total. The molecule has 10 nitrogen and oxygen atoms in total. The number of hydrogen-bond acceptors (Lipinski definition) is 6. The normalized spacial score (nSPS) is 19.9. The molecule has 1 saturated carbocycles. The Labute approximate surface area is 229 Å². The molecule has 2 aliphatic rings. The average Bonchev–Trinajstić information content (AvgIpc) is 3.77. The van der Waals surface area contributed by atoms with Crippen LogP contribution in [0, 0.1) is 11.8 Å². The maximum Gasteiger partial charge on any atom is 0.321 e. The van der Waals surface area contributed by atoms with E-state index in [1.807, 2.05) is 6.92 Å². The monoisotopic (exact) mass is 538 g/mol. The van der Waals surface area contributed by atoms with Crippen molar-refractivity contribution in [2.45, 2.75) is 45.3 Å². The Balaban J connectivity index is 1.55. The van der Waals surface area contributed by atoms with Crippen molar-refractivity contribution >= 4 is 29.2 Å². The number of hydrogen-bond donors (Lipinski definition) is 3. The van der Waals surface area contributed by atoms with Crippen molar-refractivity contribution in [1.29, 1.82) is 0 Å². The largest absolute Gasteiger partial charge is 0.497 e. The fraction of sp³-hybridized carbons (Fsp3) is 0.483. The molecule has 3 atom stereocenters. The number of benzene rings is 2. The van der Waals surface area contributed by atoms with Gasteiger partial charge >= 0.3 is 6.03 Å². The summed E-state index contributed by atoms with van der Waals surface area (Å²) >= 11 is 0. The highest BCUT2D eigenvalue weighted by molar-refractivity contribution is 5.94. The van der Waals surface area contributed by atoms with Crippen LogP contribution in [0.15, 0.2) is 42.5 Å². The number of nitrogens with zero attached hydrogens (tertiary/aromatic N) is 2. The van der Waals surface area contributed by atoms with Crippen LogP contribution in [-0.2, 0) is 16.0 Å². The maximum atomic E-state index is 13.4. The number of aliphatic hydroxyl groups is 1. The molecule has 1 heterocycles. The van der Waals surface area contributed by atoms with Gasteiger partial charge in [0.2, 0.25) is 11.8 Å². The molecule has 0 spiro atoms. The van der Waals surface area contributed by atoms with E-state index in [4.69, 9.17) is 9.47 Å². The number of amides is 4. The molecule has 10 heteroatoms. The minimum absolute atomic E-state index is 0.0169. The van der Waals surface area contributed by atoms with Crippen molar-refractivity contribution in [1.82, 2.24) is 9.80 Å². The second kappa shape index (κ2) is 12.4. The van der Waals surface area contributed by atoms with Crippen molar-refractivity contribution in [3.8, 4) is 11.5 Å². The molecular formula is C29H38N4O6. The lowest BCUT2D eigenvalue weighted by Gasteiger charge is -2.34. The first-order chi connectivity index (χ1) is 18.7. The van der Waals surface area contributed by atoms with E-state index in [9.17, 15) is 19.5 Å². The van der Waals surface area contributed by atoms with Gasteiger partial charge in [0.15, 0.2) is 0 Å². The van der Waals surface area contributed by atoms with Gasteiger partial charge in [0.25, 0.3) is 0 Å². The molecule has 210 valence electrons. The Morgan fingerprint density at radius 3 is 2.49 bits per heavy atom. The summed E-state index contributed by atoms with van der Waals surface area (Å²) in [5.74, 6) is 0.978. The van der Waals surface area contributed by atoms with E-state index in [-0.39, 0.29) is 55.3 Å². The van der Waals surface area contributed by atoms with Gasteiger partial charge in [0, 0.05) is 42.4 Å². The Hall–Kier alpha value is -3.79. The first kappa shape index (κ1) is 28.2. The lowest BCUT2D eigenvalue weighted by atomic mass is 10.0. The van der Waals surface area contributed by atoms with Crippen LogP contribution in [-0.4, -0.2) is 78.8 Å². The second-order valence-corrected chi connectivity index (χ2v) is 10.5. The van der Waals surface area contributed by atoms with Crippen molar-refractivity contribution < 1.29 is 29.0 Å². The number of carbonyl (C=O) groups is 3. The number of likely N-dealkylation sites (N-methyl/N-ethyl adjacent to an activating group) is 1. The Morgan fingerprint density at radius 2 is 1.85 bits per heavy atom. The Kier molecular flexibility index (Phi) is 8.96. The summed E-state index contributed by atoms with van der Waals surface area (Å²) in [6.45, 7) is 4.23. The lowest BCUT2D eigenvalue weighted by Crippen LogP contribution is -2.48. The summed E-state index contributed by atoms with van der Waals surface area (Å²) in [5.41, 5.74) is 1.90. The minimum atomic E-state index is -0.443. The van der Waals surface area contributed by atoms with Gasteiger partial charge in [-0.05, 0) is 62.2 Å². The van der Waals surface area contributed by atoms with Gasteiger partial charge in [-0.3, -0.25) is 9.59 Å². The molecule has 0 bridgehead atoms. The SMILES string of the molecule is COc1ccc(NC(=O)N(C)C[C@@H]2Oc3ccc(NC(=O)C4CC4)cc3CC(=O)N([C@@H](C)CO)C[C@@H]2C)cc1. The predicted molar refractivity (Wildman–Crippen MR) is 148 cm³/mol. The van der Waals surface area contributed by atoms with Crippen LogP contribution < -0.4 is 20.1 Å². The number of rotatable bonds is 8. The molecule has 4 rings (SSSR count). The molecular weight excluding hydrogens is 500 g/mol. The number of urea groups is 1. The third kappa shape index (κ3) is 7.20. The van der Waals surface area contributed by atoms with Crippen LogP contribution in [0.1, 0.15) is 32.3 Å². The van der Waals surface area contributed by atoms with Gasteiger partial charge in [-0.2, -0.15) is 0 Å². The Bertz CT molecular complexity index is 1180. The average molecular weight is 539 g/mol. The third-order valence-corrected chi connectivity index (χ3v) is 7.27. The molecule has 2 aromatic carbocycles. The standard InChI is InChI=1S/C29H38N4O6/c1-18-15-33(19(2)17-34)27(35)14-21-13-23(30-28(36)20-5-6-20)9-12-25(21)39-26(18)16-32(3)29(37)31-22-7-10-24(38-4)11-8-22/h7-13,18-20,26,34H,5-6,14-17H2,1-4H3,(H,30,36)(H,31,37)/t18-,19-,26-/m0/s1. The lowest BCUT2D eigenvalue weighted by molar-refractivity contribution is -0.134. The smallest absolute Gasteiger partial charge is 0.321 e. The van der Waals surface area contributed by atoms with Crippen molar-refractivity contribution in [3.63, 3.8) is 0 Å². The Morgan fingerprint density at radius 1 is 1.15 bits per heavy atom. The number of aliphatic hydroxyl groups excluding tert-OH is 1. The zero-order valence-electron chi connectivity index (χ0n) is 23.0. The number of fused-ring (bicyclic) bond motifs is 1. The first-order valence-electron chi connectivity index (χ1n) is 13.4. The maximum absolute atomic E-state index is 13.4. The summed E-state index contributed by atoms with van der Waals surface area (Å²) in [5, 5.41) is 15.6. The van der Waals surface area contributed by atoms with E-state index >= 15 is 0 Å². The molecule has 0 aromatic heterocycles.